The van der Waals surface area contributed by atoms with Crippen LogP contribution in [0.1, 0.15) is 20.9 Å². The van der Waals surface area contributed by atoms with Crippen LogP contribution in [-0.2, 0) is 9.53 Å². The second-order valence-corrected chi connectivity index (χ2v) is 6.34. The molecule has 2 N–H and O–H groups in total. The highest BCUT2D eigenvalue weighted by atomic mass is 35.5. The van der Waals surface area contributed by atoms with Crippen LogP contribution in [0.4, 0.5) is 5.69 Å². The number of amides is 2. The lowest BCUT2D eigenvalue weighted by Gasteiger charge is -2.07. The first-order chi connectivity index (χ1) is 14.0. The number of esters is 1. The highest BCUT2D eigenvalue weighted by Gasteiger charge is 2.16. The molecule has 8 heteroatoms. The van der Waals surface area contributed by atoms with Gasteiger partial charge in [-0.15, -0.1) is 0 Å². The molecule has 0 radical (unpaired) electrons. The van der Waals surface area contributed by atoms with Gasteiger partial charge in [0.25, 0.3) is 11.8 Å². The van der Waals surface area contributed by atoms with Crippen LogP contribution in [0.2, 0.25) is 5.02 Å². The molecule has 0 aliphatic carbocycles. The van der Waals surface area contributed by atoms with Gasteiger partial charge in [0.2, 0.25) is 5.76 Å². The molecule has 0 unspecified atom stereocenters. The van der Waals surface area contributed by atoms with Crippen LogP contribution in [0, 0.1) is 0 Å². The lowest BCUT2D eigenvalue weighted by Crippen LogP contribution is -2.21. The third-order valence-corrected chi connectivity index (χ3v) is 4.25. The Hall–Kier alpha value is -3.58. The van der Waals surface area contributed by atoms with Crippen molar-refractivity contribution in [3.8, 4) is 11.3 Å². The normalized spacial score (nSPS) is 10.3. The Kier molecular flexibility index (Phi) is 6.31. The summed E-state index contributed by atoms with van der Waals surface area (Å²) in [6, 6.07) is 16.5. The lowest BCUT2D eigenvalue weighted by atomic mass is 10.2. The van der Waals surface area contributed by atoms with Gasteiger partial charge in [-0.1, -0.05) is 29.8 Å². The van der Waals surface area contributed by atoms with Gasteiger partial charge in [0.05, 0.1) is 5.02 Å². The highest BCUT2D eigenvalue weighted by Crippen LogP contribution is 2.29. The molecule has 29 heavy (non-hydrogen) atoms. The molecule has 0 bridgehead atoms. The van der Waals surface area contributed by atoms with Crippen LogP contribution in [-0.4, -0.2) is 31.4 Å². The number of nitrogens with one attached hydrogen (secondary N) is 2. The molecule has 2 amide bonds. The van der Waals surface area contributed by atoms with Crippen molar-refractivity contribution in [2.75, 3.05) is 19.0 Å². The van der Waals surface area contributed by atoms with E-state index in [4.69, 9.17) is 20.8 Å². The monoisotopic (exact) mass is 412 g/mol. The predicted octanol–water partition coefficient (Wildman–Crippen LogP) is 3.76. The van der Waals surface area contributed by atoms with E-state index in [1.54, 1.807) is 48.5 Å². The molecule has 0 aliphatic rings. The number of hydrogen-bond acceptors (Lipinski definition) is 5. The van der Waals surface area contributed by atoms with Gasteiger partial charge in [-0.3, -0.25) is 9.59 Å². The summed E-state index contributed by atoms with van der Waals surface area (Å²) >= 11 is 6.11. The largest absolute Gasteiger partial charge is 0.450 e. The Morgan fingerprint density at radius 1 is 1.03 bits per heavy atom. The van der Waals surface area contributed by atoms with Crippen molar-refractivity contribution in [1.82, 2.24) is 5.32 Å². The summed E-state index contributed by atoms with van der Waals surface area (Å²) in [6.45, 7) is -0.509. The summed E-state index contributed by atoms with van der Waals surface area (Å²) < 4.78 is 10.5. The molecule has 2 aromatic carbocycles. The maximum absolute atomic E-state index is 12.1. The summed E-state index contributed by atoms with van der Waals surface area (Å²) in [4.78, 5) is 35.8. The van der Waals surface area contributed by atoms with E-state index in [0.717, 1.165) is 0 Å². The van der Waals surface area contributed by atoms with Crippen molar-refractivity contribution >= 4 is 35.1 Å². The van der Waals surface area contributed by atoms with Gasteiger partial charge in [-0.25, -0.2) is 4.79 Å². The number of halogens is 1. The van der Waals surface area contributed by atoms with Gasteiger partial charge >= 0.3 is 5.97 Å². The number of furan rings is 1. The average molecular weight is 413 g/mol. The SMILES string of the molecule is CNC(=O)c1cccc(NC(=O)COC(=O)c2ccc(-c3ccccc3Cl)o2)c1. The van der Waals surface area contributed by atoms with E-state index in [2.05, 4.69) is 10.6 Å². The van der Waals surface area contributed by atoms with E-state index in [1.165, 1.54) is 19.2 Å². The van der Waals surface area contributed by atoms with Gasteiger partial charge in [-0.05, 0) is 42.5 Å². The number of rotatable bonds is 6. The second kappa shape index (κ2) is 9.07. The molecule has 1 heterocycles. The third kappa shape index (κ3) is 5.03. The van der Waals surface area contributed by atoms with E-state index >= 15 is 0 Å². The summed E-state index contributed by atoms with van der Waals surface area (Å²) in [5.74, 6) is -1.24. The lowest BCUT2D eigenvalue weighted by molar-refractivity contribution is -0.119. The van der Waals surface area contributed by atoms with Crippen LogP contribution < -0.4 is 10.6 Å². The molecule has 0 saturated heterocycles. The first-order valence-corrected chi connectivity index (χ1v) is 8.99. The maximum atomic E-state index is 12.1. The molecule has 7 nitrogen and oxygen atoms in total. The zero-order valence-electron chi connectivity index (χ0n) is 15.4. The number of anilines is 1. The summed E-state index contributed by atoms with van der Waals surface area (Å²) in [5, 5.41) is 5.55. The Labute approximate surface area is 171 Å². The van der Waals surface area contributed by atoms with E-state index < -0.39 is 18.5 Å². The quantitative estimate of drug-likeness (QED) is 0.601. The van der Waals surface area contributed by atoms with Gasteiger partial charge < -0.3 is 19.8 Å². The average Bonchev–Trinajstić information content (AvgIpc) is 3.22. The Morgan fingerprint density at radius 3 is 2.59 bits per heavy atom. The van der Waals surface area contributed by atoms with Crippen molar-refractivity contribution in [2.24, 2.45) is 0 Å². The molecule has 0 atom stereocenters. The first-order valence-electron chi connectivity index (χ1n) is 8.62. The molecule has 0 fully saturated rings. The molecule has 0 aliphatic heterocycles. The molecular formula is C21H17ClN2O5. The summed E-state index contributed by atoms with van der Waals surface area (Å²) in [7, 11) is 1.51. The van der Waals surface area contributed by atoms with Crippen LogP contribution in [0.15, 0.2) is 65.1 Å². The molecule has 3 aromatic rings. The first kappa shape index (κ1) is 20.2. The minimum absolute atomic E-state index is 0.0469. The topological polar surface area (TPSA) is 97.6 Å². The molecule has 148 valence electrons. The smallest absolute Gasteiger partial charge is 0.374 e. The van der Waals surface area contributed by atoms with Gasteiger partial charge in [0.15, 0.2) is 6.61 Å². The minimum Gasteiger partial charge on any atom is -0.450 e. The van der Waals surface area contributed by atoms with Crippen molar-refractivity contribution in [2.45, 2.75) is 0 Å². The molecule has 0 saturated carbocycles. The Balaban J connectivity index is 1.58. The standard InChI is InChI=1S/C21H17ClN2O5/c1-23-20(26)13-5-4-6-14(11-13)24-19(25)12-28-21(27)18-10-9-17(29-18)15-7-2-3-8-16(15)22/h2-11H,12H2,1H3,(H,23,26)(H,24,25). The highest BCUT2D eigenvalue weighted by molar-refractivity contribution is 6.33. The van der Waals surface area contributed by atoms with Crippen LogP contribution in [0.25, 0.3) is 11.3 Å². The van der Waals surface area contributed by atoms with Crippen LogP contribution >= 0.6 is 11.6 Å². The van der Waals surface area contributed by atoms with Crippen LogP contribution in [0.3, 0.4) is 0 Å². The Morgan fingerprint density at radius 2 is 1.83 bits per heavy atom. The molecule has 0 spiro atoms. The molecular weight excluding hydrogens is 396 g/mol. The maximum Gasteiger partial charge on any atom is 0.374 e. The number of hydrogen-bond donors (Lipinski definition) is 2. The van der Waals surface area contributed by atoms with Gasteiger partial charge in [0, 0.05) is 23.9 Å². The van der Waals surface area contributed by atoms with Gasteiger partial charge in [-0.2, -0.15) is 0 Å². The fraction of sp³-hybridized carbons (Fsp3) is 0.0952. The fourth-order valence-electron chi connectivity index (χ4n) is 2.54. The zero-order valence-corrected chi connectivity index (χ0v) is 16.2. The number of carbonyl (C=O) groups excluding carboxylic acids is 3. The zero-order chi connectivity index (χ0) is 20.8. The van der Waals surface area contributed by atoms with Crippen molar-refractivity contribution in [1.29, 1.82) is 0 Å². The number of ether oxygens (including phenoxy) is 1. The number of benzene rings is 2. The summed E-state index contributed by atoms with van der Waals surface area (Å²) in [5.41, 5.74) is 1.44. The second-order valence-electron chi connectivity index (χ2n) is 5.93. The Bertz CT molecular complexity index is 1060. The van der Waals surface area contributed by atoms with Crippen molar-refractivity contribution in [3.05, 3.63) is 77.0 Å². The van der Waals surface area contributed by atoms with Crippen LogP contribution in [0.5, 0.6) is 0 Å². The summed E-state index contributed by atoms with van der Waals surface area (Å²) in [6.07, 6.45) is 0. The van der Waals surface area contributed by atoms with Crippen molar-refractivity contribution < 1.29 is 23.5 Å². The van der Waals surface area contributed by atoms with E-state index in [0.29, 0.717) is 27.6 Å². The third-order valence-electron chi connectivity index (χ3n) is 3.92. The van der Waals surface area contributed by atoms with Gasteiger partial charge in [0.1, 0.15) is 5.76 Å². The predicted molar refractivity (Wildman–Crippen MR) is 108 cm³/mol. The fourth-order valence-corrected chi connectivity index (χ4v) is 2.76. The van der Waals surface area contributed by atoms with E-state index in [-0.39, 0.29) is 11.7 Å². The minimum atomic E-state index is -0.780. The number of carbonyl (C=O) groups is 3. The molecule has 1 aromatic heterocycles. The van der Waals surface area contributed by atoms with Crippen molar-refractivity contribution in [3.63, 3.8) is 0 Å². The molecule has 3 rings (SSSR count). The van der Waals surface area contributed by atoms with E-state index in [1.807, 2.05) is 0 Å². The van der Waals surface area contributed by atoms with E-state index in [9.17, 15) is 14.4 Å².